The molecular formula is C13H15NO2. The number of Topliss-reactive ketones (excluding diaryl/α,β-unsaturated/α-hetero) is 1. The van der Waals surface area contributed by atoms with E-state index in [1.165, 1.54) is 6.92 Å². The van der Waals surface area contributed by atoms with Crippen molar-refractivity contribution < 1.29 is 9.59 Å². The van der Waals surface area contributed by atoms with Crippen molar-refractivity contribution in [2.24, 2.45) is 5.92 Å². The number of fused-ring (bicyclic) bond motifs is 1. The molecule has 1 aromatic carbocycles. The molecule has 3 nitrogen and oxygen atoms in total. The minimum Gasteiger partial charge on any atom is -0.356 e. The van der Waals surface area contributed by atoms with Gasteiger partial charge in [0.25, 0.3) is 0 Å². The average molecular weight is 217 g/mol. The monoisotopic (exact) mass is 217 g/mol. The van der Waals surface area contributed by atoms with Crippen molar-refractivity contribution in [3.8, 4) is 0 Å². The molecule has 3 heteroatoms. The van der Waals surface area contributed by atoms with Gasteiger partial charge in [-0.05, 0) is 18.4 Å². The minimum absolute atomic E-state index is 0.0567. The molecule has 0 radical (unpaired) electrons. The molecule has 1 atom stereocenters. The Morgan fingerprint density at radius 2 is 2.19 bits per heavy atom. The van der Waals surface area contributed by atoms with Crippen molar-refractivity contribution in [2.75, 3.05) is 6.54 Å². The van der Waals surface area contributed by atoms with Crippen LogP contribution in [0.2, 0.25) is 0 Å². The van der Waals surface area contributed by atoms with E-state index in [4.69, 9.17) is 0 Å². The molecule has 1 aliphatic carbocycles. The second kappa shape index (κ2) is 4.47. The first kappa shape index (κ1) is 10.9. The molecule has 84 valence electrons. The summed E-state index contributed by atoms with van der Waals surface area (Å²) in [5, 5.41) is 2.72. The molecule has 0 fully saturated rings. The molecule has 0 spiro atoms. The molecule has 0 bridgehead atoms. The molecular weight excluding hydrogens is 202 g/mol. The summed E-state index contributed by atoms with van der Waals surface area (Å²) in [6.45, 7) is 1.93. The summed E-state index contributed by atoms with van der Waals surface area (Å²) in [5.41, 5.74) is 1.95. The lowest BCUT2D eigenvalue weighted by Gasteiger charge is -2.23. The van der Waals surface area contributed by atoms with E-state index in [-0.39, 0.29) is 17.6 Å². The molecule has 1 N–H and O–H groups in total. The van der Waals surface area contributed by atoms with E-state index in [0.717, 1.165) is 24.0 Å². The lowest BCUT2D eigenvalue weighted by molar-refractivity contribution is -0.119. The molecule has 1 unspecified atom stereocenters. The third-order valence-electron chi connectivity index (χ3n) is 3.01. The Hall–Kier alpha value is -1.64. The first-order valence-corrected chi connectivity index (χ1v) is 5.55. The highest BCUT2D eigenvalue weighted by Gasteiger charge is 2.26. The van der Waals surface area contributed by atoms with Gasteiger partial charge in [-0.1, -0.05) is 24.3 Å². The zero-order valence-corrected chi connectivity index (χ0v) is 9.32. The van der Waals surface area contributed by atoms with E-state index < -0.39 is 0 Å². The maximum atomic E-state index is 12.1. The zero-order chi connectivity index (χ0) is 11.5. The van der Waals surface area contributed by atoms with E-state index >= 15 is 0 Å². The fraction of sp³-hybridized carbons (Fsp3) is 0.385. The second-order valence-electron chi connectivity index (χ2n) is 4.19. The van der Waals surface area contributed by atoms with Gasteiger partial charge in [0.05, 0.1) is 0 Å². The number of hydrogen-bond donors (Lipinski definition) is 1. The molecule has 1 amide bonds. The fourth-order valence-corrected chi connectivity index (χ4v) is 2.12. The summed E-state index contributed by atoms with van der Waals surface area (Å²) >= 11 is 0. The van der Waals surface area contributed by atoms with Crippen LogP contribution in [0.4, 0.5) is 0 Å². The quantitative estimate of drug-likeness (QED) is 0.817. The zero-order valence-electron chi connectivity index (χ0n) is 9.32. The molecule has 0 aromatic heterocycles. The van der Waals surface area contributed by atoms with Crippen LogP contribution in [0.25, 0.3) is 0 Å². The molecule has 0 heterocycles. The van der Waals surface area contributed by atoms with Gasteiger partial charge in [-0.3, -0.25) is 9.59 Å². The smallest absolute Gasteiger partial charge is 0.216 e. The number of benzene rings is 1. The lowest BCUT2D eigenvalue weighted by Crippen LogP contribution is -2.34. The van der Waals surface area contributed by atoms with Gasteiger partial charge in [0, 0.05) is 24.9 Å². The topological polar surface area (TPSA) is 46.2 Å². The number of aryl methyl sites for hydroxylation is 1. The van der Waals surface area contributed by atoms with Crippen molar-refractivity contribution in [1.29, 1.82) is 0 Å². The van der Waals surface area contributed by atoms with Gasteiger partial charge in [0.2, 0.25) is 5.91 Å². The van der Waals surface area contributed by atoms with E-state index in [0.29, 0.717) is 6.54 Å². The Labute approximate surface area is 94.9 Å². The predicted molar refractivity (Wildman–Crippen MR) is 61.3 cm³/mol. The standard InChI is InChI=1S/C13H15NO2/c1-9(15)14-8-11-7-6-10-4-2-3-5-12(10)13(11)16/h2-5,11H,6-8H2,1H3,(H,14,15). The Kier molecular flexibility index (Phi) is 3.04. The van der Waals surface area contributed by atoms with Crippen molar-refractivity contribution in [3.05, 3.63) is 35.4 Å². The van der Waals surface area contributed by atoms with Crippen LogP contribution < -0.4 is 5.32 Å². The Morgan fingerprint density at radius 1 is 1.44 bits per heavy atom. The maximum absolute atomic E-state index is 12.1. The number of hydrogen-bond acceptors (Lipinski definition) is 2. The molecule has 0 saturated carbocycles. The molecule has 1 aliphatic rings. The van der Waals surface area contributed by atoms with Crippen LogP contribution in [-0.4, -0.2) is 18.2 Å². The Morgan fingerprint density at radius 3 is 2.94 bits per heavy atom. The number of amides is 1. The largest absolute Gasteiger partial charge is 0.356 e. The summed E-state index contributed by atoms with van der Waals surface area (Å²) in [6.07, 6.45) is 1.75. The van der Waals surface area contributed by atoms with Gasteiger partial charge in [-0.25, -0.2) is 0 Å². The summed E-state index contributed by atoms with van der Waals surface area (Å²) in [6, 6.07) is 7.72. The second-order valence-corrected chi connectivity index (χ2v) is 4.19. The number of ketones is 1. The van der Waals surface area contributed by atoms with E-state index in [1.54, 1.807) is 0 Å². The fourth-order valence-electron chi connectivity index (χ4n) is 2.12. The first-order valence-electron chi connectivity index (χ1n) is 5.55. The van der Waals surface area contributed by atoms with E-state index in [9.17, 15) is 9.59 Å². The van der Waals surface area contributed by atoms with Crippen LogP contribution >= 0.6 is 0 Å². The van der Waals surface area contributed by atoms with Gasteiger partial charge in [-0.15, -0.1) is 0 Å². The number of carbonyl (C=O) groups excluding carboxylic acids is 2. The third kappa shape index (κ3) is 2.13. The lowest BCUT2D eigenvalue weighted by atomic mass is 9.83. The van der Waals surface area contributed by atoms with E-state index in [2.05, 4.69) is 5.32 Å². The van der Waals surface area contributed by atoms with Crippen molar-refractivity contribution in [2.45, 2.75) is 19.8 Å². The molecule has 2 rings (SSSR count). The van der Waals surface area contributed by atoms with Crippen molar-refractivity contribution in [3.63, 3.8) is 0 Å². The average Bonchev–Trinajstić information content (AvgIpc) is 2.28. The normalized spacial score (nSPS) is 19.1. The summed E-state index contributed by atoms with van der Waals surface area (Å²) in [4.78, 5) is 22.9. The highest BCUT2D eigenvalue weighted by molar-refractivity contribution is 6.00. The maximum Gasteiger partial charge on any atom is 0.216 e. The number of rotatable bonds is 2. The van der Waals surface area contributed by atoms with Crippen LogP contribution in [0.15, 0.2) is 24.3 Å². The highest BCUT2D eigenvalue weighted by atomic mass is 16.1. The number of carbonyl (C=O) groups is 2. The van der Waals surface area contributed by atoms with Crippen molar-refractivity contribution in [1.82, 2.24) is 5.32 Å². The summed E-state index contributed by atoms with van der Waals surface area (Å²) in [5.74, 6) is 0.0288. The van der Waals surface area contributed by atoms with Crippen molar-refractivity contribution >= 4 is 11.7 Å². The molecule has 0 saturated heterocycles. The first-order chi connectivity index (χ1) is 7.68. The van der Waals surface area contributed by atoms with Crippen LogP contribution in [0.5, 0.6) is 0 Å². The molecule has 1 aromatic rings. The summed E-state index contributed by atoms with van der Waals surface area (Å²) in [7, 11) is 0. The van der Waals surface area contributed by atoms with Gasteiger partial charge < -0.3 is 5.32 Å². The minimum atomic E-state index is -0.0772. The molecule has 0 aliphatic heterocycles. The van der Waals surface area contributed by atoms with Crippen LogP contribution in [0, 0.1) is 5.92 Å². The van der Waals surface area contributed by atoms with Crippen LogP contribution in [0.1, 0.15) is 29.3 Å². The van der Waals surface area contributed by atoms with Gasteiger partial charge >= 0.3 is 0 Å². The Bertz CT molecular complexity index is 426. The Balaban J connectivity index is 2.12. The predicted octanol–water partition coefficient (Wildman–Crippen LogP) is 1.57. The highest BCUT2D eigenvalue weighted by Crippen LogP contribution is 2.24. The SMILES string of the molecule is CC(=O)NCC1CCc2ccccc2C1=O. The van der Waals surface area contributed by atoms with Gasteiger partial charge in [-0.2, -0.15) is 0 Å². The number of nitrogens with one attached hydrogen (secondary N) is 1. The van der Waals surface area contributed by atoms with Crippen LogP contribution in [-0.2, 0) is 11.2 Å². The van der Waals surface area contributed by atoms with E-state index in [1.807, 2.05) is 24.3 Å². The third-order valence-corrected chi connectivity index (χ3v) is 3.01. The van der Waals surface area contributed by atoms with Gasteiger partial charge in [0.15, 0.2) is 5.78 Å². The summed E-state index contributed by atoms with van der Waals surface area (Å²) < 4.78 is 0. The molecule has 16 heavy (non-hydrogen) atoms. The van der Waals surface area contributed by atoms with Gasteiger partial charge in [0.1, 0.15) is 0 Å². The van der Waals surface area contributed by atoms with Crippen LogP contribution in [0.3, 0.4) is 0 Å².